The van der Waals surface area contributed by atoms with Gasteiger partial charge in [0.1, 0.15) is 0 Å². The van der Waals surface area contributed by atoms with Gasteiger partial charge < -0.3 is 14.1 Å². The molecule has 0 N–H and O–H groups in total. The highest BCUT2D eigenvalue weighted by molar-refractivity contribution is 6.28. The molecule has 0 unspecified atom stereocenters. The minimum absolute atomic E-state index is 0.250. The van der Waals surface area contributed by atoms with Crippen molar-refractivity contribution in [2.24, 2.45) is 0 Å². The van der Waals surface area contributed by atoms with Crippen LogP contribution in [0.25, 0.3) is 32.3 Å². The Labute approximate surface area is 259 Å². The zero-order valence-corrected chi connectivity index (χ0v) is 24.0. The number of benzene rings is 8. The lowest BCUT2D eigenvalue weighted by Crippen LogP contribution is -2.11. The lowest BCUT2D eigenvalue weighted by atomic mass is 9.91. The Bertz CT molecular complexity index is 1930. The number of hydrogen-bond acceptors (Lipinski definition) is 2. The Kier molecular flexibility index (Phi) is 7.07. The molecule has 0 atom stereocenters. The van der Waals surface area contributed by atoms with Gasteiger partial charge >= 0.3 is 8.09 Å². The maximum atomic E-state index is 9.83. The minimum Gasteiger partial charge on any atom is -0.348 e. The lowest BCUT2D eigenvalue weighted by molar-refractivity contribution is 0.902. The van der Waals surface area contributed by atoms with Gasteiger partial charge in [0.05, 0.1) is 11.4 Å². The van der Waals surface area contributed by atoms with Crippen LogP contribution in [0.3, 0.4) is 0 Å². The zero-order chi connectivity index (χ0) is 30.6. The van der Waals surface area contributed by atoms with Crippen LogP contribution in [0, 0.1) is 0 Å². The summed E-state index contributed by atoms with van der Waals surface area (Å²) < 4.78 is 15.2. The van der Waals surface area contributed by atoms with E-state index in [0.29, 0.717) is 0 Å². The predicted molar refractivity (Wildman–Crippen MR) is 188 cm³/mol. The summed E-state index contributed by atoms with van der Waals surface area (Å²) in [5.41, 5.74) is 6.89. The molecule has 0 aliphatic carbocycles. The van der Waals surface area contributed by atoms with Crippen LogP contribution < -0.4 is 9.80 Å². The normalized spacial score (nSPS) is 11.2. The molecule has 0 fully saturated rings. The molecule has 8 rings (SSSR count). The average molecular weight is 569 g/mol. The fraction of sp³-hybridized carbons (Fsp3) is 0. The van der Waals surface area contributed by atoms with E-state index in [1.807, 2.05) is 0 Å². The summed E-state index contributed by atoms with van der Waals surface area (Å²) >= 11 is 0. The average Bonchev–Trinajstić information content (AvgIpc) is 3.11. The van der Waals surface area contributed by atoms with Gasteiger partial charge in [0.2, 0.25) is 0 Å². The molecule has 209 valence electrons. The Morgan fingerprint density at radius 2 is 0.659 bits per heavy atom. The van der Waals surface area contributed by atoms with E-state index in [4.69, 9.17) is 1.34 Å². The van der Waals surface area contributed by atoms with Gasteiger partial charge in [0.15, 0.2) is 0 Å². The number of rotatable bonds is 6. The zero-order valence-electron chi connectivity index (χ0n) is 25.0. The summed E-state index contributed by atoms with van der Waals surface area (Å²) in [6, 6.07) is 60.8. The Hall–Kier alpha value is -5.61. The van der Waals surface area contributed by atoms with Gasteiger partial charge in [0.25, 0.3) is 0 Å². The quantitative estimate of drug-likeness (QED) is 0.145. The van der Waals surface area contributed by atoms with Crippen molar-refractivity contribution >= 4 is 74.5 Å². The standard InChI is InChI=1S/C40H28N2.BFH/c1-5-13-31(14-6-1)41(32-15-7-2-8-16-32)37-27-23-29-22-26-36-38(28-24-30-21-25-35(37)39(29)40(30)36)42(33-17-9-3-10-18-33)34-19-11-4-12-20-34;1-2/h1-28H;1H/i;1D. The molecule has 4 heteroatoms. The minimum atomic E-state index is -0.250. The second kappa shape index (κ2) is 11.9. The Morgan fingerprint density at radius 1 is 0.386 bits per heavy atom. The highest BCUT2D eigenvalue weighted by atomic mass is 19.1. The van der Waals surface area contributed by atoms with Crippen LogP contribution in [-0.4, -0.2) is 9.42 Å². The van der Waals surface area contributed by atoms with E-state index in [1.54, 1.807) is 0 Å². The van der Waals surface area contributed by atoms with E-state index >= 15 is 0 Å². The largest absolute Gasteiger partial charge is 0.348 e. The van der Waals surface area contributed by atoms with Gasteiger partial charge in [0, 0.05) is 34.9 Å². The molecule has 0 saturated carbocycles. The fourth-order valence-electron chi connectivity index (χ4n) is 6.32. The molecule has 8 aromatic carbocycles. The number of halogens is 1. The van der Waals surface area contributed by atoms with Crippen LogP contribution in [0.4, 0.5) is 38.4 Å². The van der Waals surface area contributed by atoms with Crippen LogP contribution in [0.15, 0.2) is 170 Å². The highest BCUT2D eigenvalue weighted by Gasteiger charge is 2.21. The lowest BCUT2D eigenvalue weighted by Gasteiger charge is -2.29. The number of hydrogen-bond donors (Lipinski definition) is 0. The summed E-state index contributed by atoms with van der Waals surface area (Å²) in [4.78, 5) is 4.74. The van der Waals surface area contributed by atoms with Gasteiger partial charge in [-0.2, -0.15) is 0 Å². The van der Waals surface area contributed by atoms with Gasteiger partial charge in [-0.05, 0) is 82.2 Å². The fourth-order valence-corrected chi connectivity index (χ4v) is 6.32. The first-order valence-corrected chi connectivity index (χ1v) is 14.6. The van der Waals surface area contributed by atoms with Gasteiger partial charge in [-0.1, -0.05) is 109 Å². The third-order valence-electron chi connectivity index (χ3n) is 8.16. The van der Waals surface area contributed by atoms with Gasteiger partial charge in [-0.15, -0.1) is 0 Å². The molecule has 1 radical (unpaired) electrons. The first kappa shape index (κ1) is 26.1. The summed E-state index contributed by atoms with van der Waals surface area (Å²) in [7, 11) is -0.250. The molecule has 0 aromatic heterocycles. The van der Waals surface area contributed by atoms with Crippen LogP contribution in [-0.2, 0) is 0 Å². The maximum absolute atomic E-state index is 9.83. The molecular weight excluding hydrogens is 538 g/mol. The summed E-state index contributed by atoms with van der Waals surface area (Å²) in [6.45, 7) is 0. The molecule has 44 heavy (non-hydrogen) atoms. The van der Waals surface area contributed by atoms with Crippen LogP contribution in [0.1, 0.15) is 0 Å². The van der Waals surface area contributed by atoms with Crippen molar-refractivity contribution in [1.82, 2.24) is 0 Å². The molecule has 0 heterocycles. The molecule has 0 aliphatic rings. The molecule has 0 amide bonds. The molecule has 8 aromatic rings. The Morgan fingerprint density at radius 3 is 0.955 bits per heavy atom. The van der Waals surface area contributed by atoms with Crippen molar-refractivity contribution in [2.75, 3.05) is 9.80 Å². The van der Waals surface area contributed by atoms with Crippen LogP contribution >= 0.6 is 0 Å². The summed E-state index contributed by atoms with van der Waals surface area (Å²) in [6.07, 6.45) is 0. The van der Waals surface area contributed by atoms with Crippen molar-refractivity contribution < 1.29 is 4.32 Å². The topological polar surface area (TPSA) is 6.48 Å². The van der Waals surface area contributed by atoms with E-state index in [-0.39, 0.29) is 8.09 Å². The van der Waals surface area contributed by atoms with Gasteiger partial charge in [-0.3, -0.25) is 0 Å². The maximum Gasteiger partial charge on any atom is 0.333 e. The van der Waals surface area contributed by atoms with Crippen molar-refractivity contribution in [3.05, 3.63) is 170 Å². The summed E-state index contributed by atoms with van der Waals surface area (Å²) in [5.74, 6) is 0. The predicted octanol–water partition coefficient (Wildman–Crippen LogP) is 11.3. The van der Waals surface area contributed by atoms with E-state index in [1.165, 1.54) is 43.7 Å². The first-order chi connectivity index (χ1) is 22.3. The third kappa shape index (κ3) is 4.71. The third-order valence-corrected chi connectivity index (χ3v) is 8.16. The monoisotopic (exact) mass is 568 g/mol. The smallest absolute Gasteiger partial charge is 0.333 e. The van der Waals surface area contributed by atoms with Crippen LogP contribution in [0.2, 0.25) is 0 Å². The van der Waals surface area contributed by atoms with E-state index in [0.717, 1.165) is 22.7 Å². The Balaban J connectivity index is 0.00000104. The second-order valence-electron chi connectivity index (χ2n) is 10.6. The molecule has 0 aliphatic heterocycles. The van der Waals surface area contributed by atoms with E-state index in [2.05, 4.69) is 180 Å². The van der Waals surface area contributed by atoms with Crippen molar-refractivity contribution in [2.45, 2.75) is 0 Å². The molecular formula is C40H29BFN2. The summed E-state index contributed by atoms with van der Waals surface area (Å²) in [5, 5.41) is 7.56. The number of para-hydroxylation sites is 4. The molecule has 2 nitrogen and oxygen atoms in total. The van der Waals surface area contributed by atoms with Crippen LogP contribution in [0.5, 0.6) is 0 Å². The number of anilines is 6. The van der Waals surface area contributed by atoms with Gasteiger partial charge in [-0.25, -0.2) is 0 Å². The number of nitrogens with zero attached hydrogens (tertiary/aromatic N) is 2. The molecule has 0 saturated heterocycles. The highest BCUT2D eigenvalue weighted by Crippen LogP contribution is 2.47. The van der Waals surface area contributed by atoms with E-state index in [9.17, 15) is 4.32 Å². The first-order valence-electron chi connectivity index (χ1n) is 15.2. The second-order valence-corrected chi connectivity index (χ2v) is 10.6. The molecule has 0 bridgehead atoms. The SMILES string of the molecule is [2H][B]F.c1ccc(N(c2ccccc2)c2ccc3ccc4c(N(c5ccccc5)c5ccccc5)ccc5ccc2c3c54)cc1. The van der Waals surface area contributed by atoms with Crippen molar-refractivity contribution in [3.63, 3.8) is 0 Å². The molecule has 0 spiro atoms. The van der Waals surface area contributed by atoms with Crippen molar-refractivity contribution in [3.8, 4) is 0 Å². The van der Waals surface area contributed by atoms with Crippen molar-refractivity contribution in [1.29, 1.82) is 1.34 Å². The van der Waals surface area contributed by atoms with E-state index < -0.39 is 0 Å².